The van der Waals surface area contributed by atoms with Crippen molar-refractivity contribution < 1.29 is 9.53 Å². The van der Waals surface area contributed by atoms with Crippen LogP contribution in [0.2, 0.25) is 0 Å². The molecule has 1 aliphatic rings. The van der Waals surface area contributed by atoms with Crippen molar-refractivity contribution in [2.24, 2.45) is 5.10 Å². The van der Waals surface area contributed by atoms with Crippen molar-refractivity contribution in [2.75, 3.05) is 14.1 Å². The van der Waals surface area contributed by atoms with Gasteiger partial charge in [-0.2, -0.15) is 5.10 Å². The van der Waals surface area contributed by atoms with Crippen LogP contribution in [0.4, 0.5) is 0 Å². The van der Waals surface area contributed by atoms with Crippen LogP contribution in [-0.2, 0) is 0 Å². The zero-order valence-electron chi connectivity index (χ0n) is 12.5. The molecule has 2 aromatic carbocycles. The number of ketones is 1. The standard InChI is InChI=1S/C18H16N2O2/c1-20(2)19-12-11-14-13-7-3-5-9-16(13)22-17-10-6-4-8-15(17)18(14)21/h3-12H,1-2H3/b14-11-,19-12+. The molecule has 0 bridgehead atoms. The fourth-order valence-electron chi connectivity index (χ4n) is 2.31. The van der Waals surface area contributed by atoms with Crippen molar-refractivity contribution in [3.05, 3.63) is 65.7 Å². The largest absolute Gasteiger partial charge is 0.456 e. The van der Waals surface area contributed by atoms with Crippen LogP contribution in [0, 0.1) is 0 Å². The van der Waals surface area contributed by atoms with E-state index in [2.05, 4.69) is 5.10 Å². The molecule has 1 heterocycles. The monoisotopic (exact) mass is 292 g/mol. The van der Waals surface area contributed by atoms with E-state index < -0.39 is 0 Å². The summed E-state index contributed by atoms with van der Waals surface area (Å²) < 4.78 is 5.91. The first kappa shape index (κ1) is 14.1. The van der Waals surface area contributed by atoms with E-state index in [0.29, 0.717) is 22.6 Å². The molecule has 0 fully saturated rings. The second-order valence-electron chi connectivity index (χ2n) is 5.12. The number of hydrogen-bond acceptors (Lipinski definition) is 4. The molecule has 0 saturated heterocycles. The van der Waals surface area contributed by atoms with Gasteiger partial charge in [0.05, 0.1) is 5.56 Å². The van der Waals surface area contributed by atoms with Crippen LogP contribution in [0.5, 0.6) is 11.5 Å². The molecule has 1 aliphatic heterocycles. The van der Waals surface area contributed by atoms with E-state index in [4.69, 9.17) is 4.74 Å². The quantitative estimate of drug-likeness (QED) is 0.482. The van der Waals surface area contributed by atoms with Gasteiger partial charge in [-0.15, -0.1) is 0 Å². The van der Waals surface area contributed by atoms with E-state index in [1.807, 2.05) is 50.5 Å². The molecule has 0 aromatic heterocycles. The zero-order chi connectivity index (χ0) is 15.5. The minimum absolute atomic E-state index is 0.0641. The summed E-state index contributed by atoms with van der Waals surface area (Å²) in [4.78, 5) is 12.9. The number of rotatable bonds is 2. The molecule has 2 aromatic rings. The number of fused-ring (bicyclic) bond motifs is 2. The number of hydrogen-bond donors (Lipinski definition) is 0. The Bertz CT molecular complexity index is 776. The number of carbonyl (C=O) groups is 1. The number of ether oxygens (including phenoxy) is 1. The van der Waals surface area contributed by atoms with Crippen molar-refractivity contribution in [1.29, 1.82) is 0 Å². The Balaban J connectivity index is 2.17. The Hall–Kier alpha value is -2.88. The highest BCUT2D eigenvalue weighted by atomic mass is 16.5. The van der Waals surface area contributed by atoms with Gasteiger partial charge in [0.25, 0.3) is 0 Å². The highest BCUT2D eigenvalue weighted by molar-refractivity contribution is 6.32. The molecule has 0 atom stereocenters. The second kappa shape index (κ2) is 5.85. The first-order valence-electron chi connectivity index (χ1n) is 6.99. The Morgan fingerprint density at radius 3 is 2.23 bits per heavy atom. The molecule has 3 rings (SSSR count). The lowest BCUT2D eigenvalue weighted by Crippen LogP contribution is -2.03. The van der Waals surface area contributed by atoms with Gasteiger partial charge in [-0.05, 0) is 24.3 Å². The number of carbonyl (C=O) groups excluding carboxylic acids is 1. The van der Waals surface area contributed by atoms with Crippen LogP contribution < -0.4 is 4.74 Å². The molecule has 22 heavy (non-hydrogen) atoms. The number of para-hydroxylation sites is 2. The molecule has 0 saturated carbocycles. The maximum absolute atomic E-state index is 12.9. The molecule has 0 N–H and O–H groups in total. The fourth-order valence-corrected chi connectivity index (χ4v) is 2.31. The number of Topliss-reactive ketones (excluding diaryl/α,β-unsaturated/α-hetero) is 1. The first-order valence-corrected chi connectivity index (χ1v) is 6.99. The van der Waals surface area contributed by atoms with Crippen LogP contribution >= 0.6 is 0 Å². The van der Waals surface area contributed by atoms with Crippen LogP contribution in [0.15, 0.2) is 59.7 Å². The van der Waals surface area contributed by atoms with Gasteiger partial charge >= 0.3 is 0 Å². The Morgan fingerprint density at radius 1 is 0.955 bits per heavy atom. The van der Waals surface area contributed by atoms with Crippen molar-refractivity contribution in [3.63, 3.8) is 0 Å². The first-order chi connectivity index (χ1) is 10.7. The molecule has 0 amide bonds. The topological polar surface area (TPSA) is 41.9 Å². The van der Waals surface area contributed by atoms with Gasteiger partial charge in [0, 0.05) is 31.4 Å². The van der Waals surface area contributed by atoms with E-state index in [1.165, 1.54) is 0 Å². The minimum atomic E-state index is -0.0641. The number of hydrazone groups is 1. The molecule has 4 heteroatoms. The normalized spacial score (nSPS) is 15.2. The molecule has 110 valence electrons. The van der Waals surface area contributed by atoms with Crippen LogP contribution in [0.25, 0.3) is 5.57 Å². The van der Waals surface area contributed by atoms with E-state index in [9.17, 15) is 4.79 Å². The molecular weight excluding hydrogens is 276 g/mol. The molecular formula is C18H16N2O2. The maximum atomic E-state index is 12.9. The fraction of sp³-hybridized carbons (Fsp3) is 0.111. The van der Waals surface area contributed by atoms with Gasteiger partial charge < -0.3 is 9.75 Å². The Labute approximate surface area is 129 Å². The highest BCUT2D eigenvalue weighted by Crippen LogP contribution is 2.38. The van der Waals surface area contributed by atoms with Crippen molar-refractivity contribution >= 4 is 17.6 Å². The predicted octanol–water partition coefficient (Wildman–Crippen LogP) is 3.61. The second-order valence-corrected chi connectivity index (χ2v) is 5.12. The molecule has 0 unspecified atom stereocenters. The van der Waals surface area contributed by atoms with E-state index in [-0.39, 0.29) is 5.78 Å². The minimum Gasteiger partial charge on any atom is -0.456 e. The summed E-state index contributed by atoms with van der Waals surface area (Å²) in [5.74, 6) is 1.18. The zero-order valence-corrected chi connectivity index (χ0v) is 12.5. The SMILES string of the molecule is CN(C)/N=C/C=C1\C(=O)c2ccccc2Oc2ccccc21. The van der Waals surface area contributed by atoms with Gasteiger partial charge in [-0.25, -0.2) is 0 Å². The lowest BCUT2D eigenvalue weighted by Gasteiger charge is -2.07. The van der Waals surface area contributed by atoms with E-state index in [1.54, 1.807) is 29.4 Å². The van der Waals surface area contributed by atoms with E-state index in [0.717, 1.165) is 5.56 Å². The summed E-state index contributed by atoms with van der Waals surface area (Å²) >= 11 is 0. The summed E-state index contributed by atoms with van der Waals surface area (Å²) in [7, 11) is 3.66. The van der Waals surface area contributed by atoms with Gasteiger partial charge in [0.2, 0.25) is 0 Å². The van der Waals surface area contributed by atoms with Crippen LogP contribution in [0.1, 0.15) is 15.9 Å². The summed E-state index contributed by atoms with van der Waals surface area (Å²) in [5.41, 5.74) is 1.91. The smallest absolute Gasteiger partial charge is 0.197 e. The summed E-state index contributed by atoms with van der Waals surface area (Å²) in [6.07, 6.45) is 3.35. The third kappa shape index (κ3) is 2.63. The lowest BCUT2D eigenvalue weighted by molar-refractivity contribution is 0.105. The van der Waals surface area contributed by atoms with Gasteiger partial charge in [0.15, 0.2) is 5.78 Å². The average molecular weight is 292 g/mol. The van der Waals surface area contributed by atoms with Gasteiger partial charge in [-0.3, -0.25) is 4.79 Å². The number of nitrogens with zero attached hydrogens (tertiary/aromatic N) is 2. The lowest BCUT2D eigenvalue weighted by atomic mass is 9.96. The number of benzene rings is 2. The summed E-state index contributed by atoms with van der Waals surface area (Å²) in [5, 5.41) is 5.83. The highest BCUT2D eigenvalue weighted by Gasteiger charge is 2.24. The van der Waals surface area contributed by atoms with Crippen molar-refractivity contribution in [3.8, 4) is 11.5 Å². The maximum Gasteiger partial charge on any atom is 0.197 e. The van der Waals surface area contributed by atoms with Crippen LogP contribution in [0.3, 0.4) is 0 Å². The van der Waals surface area contributed by atoms with Crippen LogP contribution in [-0.4, -0.2) is 31.1 Å². The van der Waals surface area contributed by atoms with Gasteiger partial charge in [-0.1, -0.05) is 30.3 Å². The Kier molecular flexibility index (Phi) is 3.74. The third-order valence-electron chi connectivity index (χ3n) is 3.31. The molecule has 0 radical (unpaired) electrons. The summed E-state index contributed by atoms with van der Waals surface area (Å²) in [6, 6.07) is 14.8. The molecule has 0 spiro atoms. The molecule has 4 nitrogen and oxygen atoms in total. The third-order valence-corrected chi connectivity index (χ3v) is 3.31. The van der Waals surface area contributed by atoms with E-state index >= 15 is 0 Å². The average Bonchev–Trinajstić information content (AvgIpc) is 2.63. The molecule has 0 aliphatic carbocycles. The predicted molar refractivity (Wildman–Crippen MR) is 87.4 cm³/mol. The van der Waals surface area contributed by atoms with Crippen molar-refractivity contribution in [2.45, 2.75) is 0 Å². The number of allylic oxidation sites excluding steroid dienone is 2. The van der Waals surface area contributed by atoms with Crippen molar-refractivity contribution in [1.82, 2.24) is 5.01 Å². The summed E-state index contributed by atoms with van der Waals surface area (Å²) in [6.45, 7) is 0. The van der Waals surface area contributed by atoms with Gasteiger partial charge in [0.1, 0.15) is 11.5 Å². The Morgan fingerprint density at radius 2 is 1.55 bits per heavy atom.